The molecule has 0 radical (unpaired) electrons. The quantitative estimate of drug-likeness (QED) is 0.398. The number of fused-ring (bicyclic) bond motifs is 3. The number of allylic oxidation sites excluding steroid dienone is 1. The van der Waals surface area contributed by atoms with Crippen LogP contribution < -0.4 is 0 Å². The molecule has 0 atom stereocenters. The zero-order valence-electron chi connectivity index (χ0n) is 13.1. The van der Waals surface area contributed by atoms with Crippen molar-refractivity contribution >= 4 is 37.6 Å². The fourth-order valence-corrected chi connectivity index (χ4v) is 4.29. The molecule has 3 aromatic carbocycles. The van der Waals surface area contributed by atoms with Crippen molar-refractivity contribution in [3.8, 4) is 0 Å². The van der Waals surface area contributed by atoms with Crippen LogP contribution in [-0.2, 0) is 6.42 Å². The Morgan fingerprint density at radius 3 is 2.61 bits per heavy atom. The predicted octanol–water partition coefficient (Wildman–Crippen LogP) is 6.62. The fraction of sp³-hybridized carbons (Fsp3) is 0.0909. The van der Waals surface area contributed by atoms with E-state index in [0.717, 1.165) is 6.42 Å². The third-order valence-electron chi connectivity index (χ3n) is 4.18. The molecule has 0 amide bonds. The Morgan fingerprint density at radius 1 is 0.870 bits per heavy atom. The SMILES string of the molecule is Cc1cccc(C=CCc2cccc3c2sc2ccccc23)c1. The smallest absolute Gasteiger partial charge is 0.0390 e. The first-order valence-corrected chi connectivity index (χ1v) is 8.75. The van der Waals surface area contributed by atoms with Gasteiger partial charge in [-0.2, -0.15) is 0 Å². The van der Waals surface area contributed by atoms with Crippen molar-refractivity contribution in [1.29, 1.82) is 0 Å². The molecule has 112 valence electrons. The van der Waals surface area contributed by atoms with Gasteiger partial charge in [-0.05, 0) is 30.5 Å². The van der Waals surface area contributed by atoms with Crippen LogP contribution in [0.1, 0.15) is 16.7 Å². The third-order valence-corrected chi connectivity index (χ3v) is 5.44. The Morgan fingerprint density at radius 2 is 1.70 bits per heavy atom. The topological polar surface area (TPSA) is 0 Å². The summed E-state index contributed by atoms with van der Waals surface area (Å²) >= 11 is 1.90. The normalized spacial score (nSPS) is 11.7. The summed E-state index contributed by atoms with van der Waals surface area (Å²) in [6.07, 6.45) is 5.46. The Kier molecular flexibility index (Phi) is 3.72. The fourth-order valence-electron chi connectivity index (χ4n) is 3.06. The van der Waals surface area contributed by atoms with Gasteiger partial charge in [0.15, 0.2) is 0 Å². The summed E-state index contributed by atoms with van der Waals surface area (Å²) in [5.74, 6) is 0. The van der Waals surface area contributed by atoms with Crippen LogP contribution in [0.3, 0.4) is 0 Å². The molecular formula is C22H18S. The van der Waals surface area contributed by atoms with Crippen LogP contribution in [0.15, 0.2) is 72.8 Å². The van der Waals surface area contributed by atoms with E-state index in [1.165, 1.54) is 36.9 Å². The molecule has 1 heteroatoms. The number of thiophene rings is 1. The summed E-state index contributed by atoms with van der Waals surface area (Å²) < 4.78 is 2.79. The highest BCUT2D eigenvalue weighted by atomic mass is 32.1. The van der Waals surface area contributed by atoms with Crippen LogP contribution in [0, 0.1) is 6.92 Å². The highest BCUT2D eigenvalue weighted by Crippen LogP contribution is 2.35. The first kappa shape index (κ1) is 14.2. The number of hydrogen-bond acceptors (Lipinski definition) is 1. The van der Waals surface area contributed by atoms with Crippen molar-refractivity contribution in [3.63, 3.8) is 0 Å². The summed E-state index contributed by atoms with van der Waals surface area (Å²) in [6, 6.07) is 24.0. The molecule has 0 spiro atoms. The van der Waals surface area contributed by atoms with E-state index < -0.39 is 0 Å². The second kappa shape index (κ2) is 6.02. The Balaban J connectivity index is 1.69. The minimum Gasteiger partial charge on any atom is -0.135 e. The van der Waals surface area contributed by atoms with Gasteiger partial charge in [0.05, 0.1) is 0 Å². The van der Waals surface area contributed by atoms with Crippen LogP contribution in [0.5, 0.6) is 0 Å². The van der Waals surface area contributed by atoms with Gasteiger partial charge in [0, 0.05) is 20.2 Å². The molecule has 0 aliphatic rings. The van der Waals surface area contributed by atoms with Gasteiger partial charge >= 0.3 is 0 Å². The van der Waals surface area contributed by atoms with Crippen molar-refractivity contribution in [2.45, 2.75) is 13.3 Å². The van der Waals surface area contributed by atoms with Crippen LogP contribution in [0.2, 0.25) is 0 Å². The standard InChI is InChI=1S/C22H18S/c1-16-7-4-8-17(15-16)9-5-10-18-11-6-13-20-19-12-2-3-14-21(19)23-22(18)20/h2-9,11-15H,10H2,1H3. The lowest BCUT2D eigenvalue weighted by molar-refractivity contribution is 1.32. The molecule has 4 aromatic rings. The minimum absolute atomic E-state index is 0.970. The van der Waals surface area contributed by atoms with E-state index in [4.69, 9.17) is 0 Å². The minimum atomic E-state index is 0.970. The van der Waals surface area contributed by atoms with E-state index in [-0.39, 0.29) is 0 Å². The monoisotopic (exact) mass is 314 g/mol. The second-order valence-electron chi connectivity index (χ2n) is 5.91. The Labute approximate surface area is 140 Å². The molecule has 0 saturated carbocycles. The zero-order valence-corrected chi connectivity index (χ0v) is 13.9. The summed E-state index contributed by atoms with van der Waals surface area (Å²) in [4.78, 5) is 0. The van der Waals surface area contributed by atoms with Crippen LogP contribution in [0.25, 0.3) is 26.2 Å². The lowest BCUT2D eigenvalue weighted by atomic mass is 10.1. The van der Waals surface area contributed by atoms with Gasteiger partial charge in [0.25, 0.3) is 0 Å². The molecule has 1 heterocycles. The maximum Gasteiger partial charge on any atom is 0.0390 e. The van der Waals surface area contributed by atoms with Crippen LogP contribution in [0.4, 0.5) is 0 Å². The molecule has 0 nitrogen and oxygen atoms in total. The molecule has 23 heavy (non-hydrogen) atoms. The van der Waals surface area contributed by atoms with Gasteiger partial charge in [-0.15, -0.1) is 11.3 Å². The van der Waals surface area contributed by atoms with Crippen LogP contribution in [-0.4, -0.2) is 0 Å². The van der Waals surface area contributed by atoms with Crippen molar-refractivity contribution < 1.29 is 0 Å². The van der Waals surface area contributed by atoms with Crippen molar-refractivity contribution in [1.82, 2.24) is 0 Å². The molecule has 0 aliphatic carbocycles. The predicted molar refractivity (Wildman–Crippen MR) is 103 cm³/mol. The summed E-state index contributed by atoms with van der Waals surface area (Å²) in [5.41, 5.74) is 3.99. The first-order valence-electron chi connectivity index (χ1n) is 7.93. The summed E-state index contributed by atoms with van der Waals surface area (Å²) in [6.45, 7) is 2.13. The number of aryl methyl sites for hydroxylation is 1. The lowest BCUT2D eigenvalue weighted by Crippen LogP contribution is -1.81. The summed E-state index contributed by atoms with van der Waals surface area (Å²) in [7, 11) is 0. The zero-order chi connectivity index (χ0) is 15.6. The first-order chi connectivity index (χ1) is 11.3. The van der Waals surface area contributed by atoms with E-state index in [1.807, 2.05) is 11.3 Å². The van der Waals surface area contributed by atoms with Gasteiger partial charge in [-0.25, -0.2) is 0 Å². The number of rotatable bonds is 3. The van der Waals surface area contributed by atoms with E-state index in [9.17, 15) is 0 Å². The molecule has 1 aromatic heterocycles. The van der Waals surface area contributed by atoms with Crippen LogP contribution >= 0.6 is 11.3 Å². The van der Waals surface area contributed by atoms with Crippen molar-refractivity contribution in [3.05, 3.63) is 89.5 Å². The molecule has 0 unspecified atom stereocenters. The van der Waals surface area contributed by atoms with Gasteiger partial charge in [-0.1, -0.05) is 78.4 Å². The van der Waals surface area contributed by atoms with E-state index in [0.29, 0.717) is 0 Å². The molecule has 0 N–H and O–H groups in total. The highest BCUT2D eigenvalue weighted by Gasteiger charge is 2.07. The second-order valence-corrected chi connectivity index (χ2v) is 6.96. The van der Waals surface area contributed by atoms with Gasteiger partial charge in [-0.3, -0.25) is 0 Å². The molecular weight excluding hydrogens is 296 g/mol. The Hall–Kier alpha value is -2.38. The van der Waals surface area contributed by atoms with E-state index in [2.05, 4.69) is 85.8 Å². The summed E-state index contributed by atoms with van der Waals surface area (Å²) in [5, 5.41) is 2.75. The maximum atomic E-state index is 2.27. The van der Waals surface area contributed by atoms with Gasteiger partial charge < -0.3 is 0 Å². The van der Waals surface area contributed by atoms with E-state index in [1.54, 1.807) is 0 Å². The number of hydrogen-bond donors (Lipinski definition) is 0. The Bertz CT molecular complexity index is 1000. The van der Waals surface area contributed by atoms with Gasteiger partial charge in [0.1, 0.15) is 0 Å². The largest absolute Gasteiger partial charge is 0.135 e. The molecule has 4 rings (SSSR count). The number of benzene rings is 3. The van der Waals surface area contributed by atoms with Gasteiger partial charge in [0.2, 0.25) is 0 Å². The highest BCUT2D eigenvalue weighted by molar-refractivity contribution is 7.26. The average molecular weight is 314 g/mol. The van der Waals surface area contributed by atoms with Crippen molar-refractivity contribution in [2.24, 2.45) is 0 Å². The third kappa shape index (κ3) is 2.80. The van der Waals surface area contributed by atoms with Crippen molar-refractivity contribution in [2.75, 3.05) is 0 Å². The molecule has 0 saturated heterocycles. The molecule has 0 aliphatic heterocycles. The molecule has 0 bridgehead atoms. The average Bonchev–Trinajstić information content (AvgIpc) is 2.95. The van der Waals surface area contributed by atoms with E-state index >= 15 is 0 Å². The lowest BCUT2D eigenvalue weighted by Gasteiger charge is -2.00. The maximum absolute atomic E-state index is 2.27. The molecule has 0 fully saturated rings.